The highest BCUT2D eigenvalue weighted by Crippen LogP contribution is 2.64. The van der Waals surface area contributed by atoms with Crippen LogP contribution in [0, 0.1) is 16.7 Å². The van der Waals surface area contributed by atoms with E-state index in [0.717, 1.165) is 13.8 Å². The Bertz CT molecular complexity index is 2470. The number of fused-ring (bicyclic) bond motifs is 5. The van der Waals surface area contributed by atoms with Gasteiger partial charge >= 0.3 is 23.9 Å². The molecule has 1 unspecified atom stereocenters. The van der Waals surface area contributed by atoms with Crippen LogP contribution in [0.4, 0.5) is 0 Å². The number of Topliss-reactive ketones (excluding diaryl/α,β-unsaturated/α-hetero) is 1. The number of aliphatic hydroxyl groups excluding tert-OH is 1. The number of ketones is 1. The first kappa shape index (κ1) is 48.4. The van der Waals surface area contributed by atoms with Crippen molar-refractivity contribution in [2.75, 3.05) is 19.9 Å². The molecule has 2 saturated carbocycles. The molecular weight excluding hydrogens is 874 g/mol. The number of benzene rings is 3. The van der Waals surface area contributed by atoms with Crippen LogP contribution >= 0.6 is 7.37 Å². The lowest BCUT2D eigenvalue weighted by atomic mass is 9.44. The van der Waals surface area contributed by atoms with Crippen LogP contribution in [0.5, 0.6) is 0 Å². The molecule has 3 fully saturated rings. The molecule has 66 heavy (non-hydrogen) atoms. The highest BCUT2D eigenvalue weighted by Gasteiger charge is 2.78. The van der Waals surface area contributed by atoms with Crippen molar-refractivity contribution >= 4 is 42.9 Å². The lowest BCUT2D eigenvalue weighted by Gasteiger charge is -2.67. The van der Waals surface area contributed by atoms with Gasteiger partial charge in [-0.3, -0.25) is 23.7 Å². The highest BCUT2D eigenvalue weighted by molar-refractivity contribution is 7.57. The Balaban J connectivity index is 1.43. The molecule has 3 N–H and O–H groups in total. The van der Waals surface area contributed by atoms with E-state index in [1.165, 1.54) is 39.3 Å². The first-order chi connectivity index (χ1) is 31.0. The SMILES string of the molecule is CC(=O)O[C@H]1C(=O)[C@@]2(C)C([C@H](OC(=O)c3ccccc3)[C@]3(O)C[C@H](OC(=O)[C@H](OP(C)(C)=O)[C@@H](NC(=O)c4ccccc4)c4ccccc4)C(C)=C1C3(C)C)[C@]1(OC(C)=O)CO[C@@H]1C[C@@H]2O. The van der Waals surface area contributed by atoms with Gasteiger partial charge in [0.15, 0.2) is 31.0 Å². The van der Waals surface area contributed by atoms with Crippen molar-refractivity contribution < 1.29 is 71.8 Å². The standard InChI is InChI=1S/C49H56NO15P/c1-27-33(62-45(57)39(65-66(7,8)59)37(30-18-12-9-13-19-30)50-43(55)31-20-14-10-15-21-31)25-49(58)42(63-44(56)32-22-16-11-17-23-32)40-47(6,34(53)24-35-48(40,26-60-35)64-29(3)52)41(54)38(61-28(2)51)36(27)46(49,4)5/h9-23,33-35,37-40,42,53,58H,24-26H2,1-8H3,(H,50,55)/t33-,34-,35+,37-,38+,39+,40?,42-,47+,48-,49+/m0/s1. The number of rotatable bonds is 12. The zero-order chi connectivity index (χ0) is 48.1. The normalized spacial score (nSPS) is 30.9. The minimum atomic E-state index is -3.59. The van der Waals surface area contributed by atoms with Gasteiger partial charge < -0.3 is 43.7 Å². The second kappa shape index (κ2) is 17.9. The summed E-state index contributed by atoms with van der Waals surface area (Å²) in [7, 11) is -3.59. The topological polar surface area (TPSA) is 227 Å². The maximum atomic E-state index is 15.6. The predicted octanol–water partition coefficient (Wildman–Crippen LogP) is 5.30. The van der Waals surface area contributed by atoms with Crippen LogP contribution in [-0.2, 0) is 52.0 Å². The van der Waals surface area contributed by atoms with E-state index in [0.29, 0.717) is 5.56 Å². The molecule has 16 nitrogen and oxygen atoms in total. The molecule has 3 aromatic rings. The van der Waals surface area contributed by atoms with Gasteiger partial charge in [-0.1, -0.05) is 80.6 Å². The van der Waals surface area contributed by atoms with Crippen molar-refractivity contribution in [1.82, 2.24) is 5.32 Å². The first-order valence-electron chi connectivity index (χ1n) is 21.7. The van der Waals surface area contributed by atoms with E-state index in [4.69, 9.17) is 28.2 Å². The van der Waals surface area contributed by atoms with Gasteiger partial charge in [0.25, 0.3) is 5.91 Å². The summed E-state index contributed by atoms with van der Waals surface area (Å²) in [5.41, 5.74) is -7.13. The maximum Gasteiger partial charge on any atom is 0.338 e. The Kier molecular flexibility index (Phi) is 13.2. The van der Waals surface area contributed by atoms with E-state index in [1.54, 1.807) is 92.7 Å². The number of ether oxygens (including phenoxy) is 5. The molecule has 4 aliphatic rings. The number of hydrogen-bond acceptors (Lipinski definition) is 15. The van der Waals surface area contributed by atoms with Gasteiger partial charge in [-0.2, -0.15) is 0 Å². The Morgan fingerprint density at radius 2 is 1.41 bits per heavy atom. The summed E-state index contributed by atoms with van der Waals surface area (Å²) >= 11 is 0. The number of carbonyl (C=O) groups is 6. The Labute approximate surface area is 382 Å². The second-order valence-electron chi connectivity index (χ2n) is 18.7. The summed E-state index contributed by atoms with van der Waals surface area (Å²) in [6.45, 7) is 10.6. The third-order valence-corrected chi connectivity index (χ3v) is 14.6. The fourth-order valence-electron chi connectivity index (χ4n) is 10.5. The van der Waals surface area contributed by atoms with Crippen LogP contribution < -0.4 is 5.32 Å². The van der Waals surface area contributed by atoms with Crippen LogP contribution in [0.3, 0.4) is 0 Å². The van der Waals surface area contributed by atoms with Gasteiger partial charge in [0.1, 0.15) is 23.9 Å². The minimum absolute atomic E-state index is 0.0125. The zero-order valence-electron chi connectivity index (χ0n) is 38.0. The molecule has 2 bridgehead atoms. The number of carbonyl (C=O) groups excluding carboxylic acids is 6. The average Bonchev–Trinajstić information content (AvgIpc) is 3.26. The first-order valence-corrected chi connectivity index (χ1v) is 24.2. The molecule has 0 spiro atoms. The molecule has 1 aliphatic heterocycles. The third-order valence-electron chi connectivity index (χ3n) is 13.8. The predicted molar refractivity (Wildman–Crippen MR) is 236 cm³/mol. The minimum Gasteiger partial charge on any atom is -0.456 e. The summed E-state index contributed by atoms with van der Waals surface area (Å²) in [4.78, 5) is 85.0. The fourth-order valence-corrected chi connectivity index (χ4v) is 11.3. The molecule has 17 heteroatoms. The van der Waals surface area contributed by atoms with Gasteiger partial charge in [0.2, 0.25) is 0 Å². The molecule has 7 rings (SSSR count). The molecule has 3 aliphatic carbocycles. The smallest absolute Gasteiger partial charge is 0.338 e. The molecule has 352 valence electrons. The van der Waals surface area contributed by atoms with Crippen molar-refractivity contribution in [3.05, 3.63) is 119 Å². The summed E-state index contributed by atoms with van der Waals surface area (Å²) in [5.74, 6) is -6.81. The van der Waals surface area contributed by atoms with Crippen LogP contribution in [0.15, 0.2) is 102 Å². The fraction of sp³-hybridized carbons (Fsp3) is 0.469. The van der Waals surface area contributed by atoms with E-state index in [-0.39, 0.29) is 35.3 Å². The van der Waals surface area contributed by atoms with E-state index >= 15 is 9.59 Å². The highest BCUT2D eigenvalue weighted by atomic mass is 31.2. The molecule has 1 saturated heterocycles. The maximum absolute atomic E-state index is 15.6. The van der Waals surface area contributed by atoms with Gasteiger partial charge in [0, 0.05) is 51.0 Å². The Morgan fingerprint density at radius 1 is 0.833 bits per heavy atom. The van der Waals surface area contributed by atoms with Gasteiger partial charge in [-0.15, -0.1) is 0 Å². The third kappa shape index (κ3) is 8.54. The molecule has 0 aromatic heterocycles. The number of aliphatic hydroxyl groups is 2. The quantitative estimate of drug-likeness (QED) is 0.0907. The number of hydrogen-bond donors (Lipinski definition) is 3. The summed E-state index contributed by atoms with van der Waals surface area (Å²) in [6.07, 6.45) is -10.4. The average molecular weight is 930 g/mol. The van der Waals surface area contributed by atoms with Crippen LogP contribution in [0.1, 0.15) is 86.7 Å². The van der Waals surface area contributed by atoms with E-state index in [9.17, 15) is 34.0 Å². The van der Waals surface area contributed by atoms with E-state index in [1.807, 2.05) is 0 Å². The lowest BCUT2D eigenvalue weighted by Crippen LogP contribution is -2.82. The van der Waals surface area contributed by atoms with Crippen LogP contribution in [-0.4, -0.2) is 114 Å². The van der Waals surface area contributed by atoms with Gasteiger partial charge in [0.05, 0.1) is 35.6 Å². The van der Waals surface area contributed by atoms with Gasteiger partial charge in [-0.05, 0) is 54.8 Å². The zero-order valence-corrected chi connectivity index (χ0v) is 38.9. The molecule has 1 heterocycles. The molecule has 11 atom stereocenters. The van der Waals surface area contributed by atoms with Gasteiger partial charge in [-0.25, -0.2) is 9.59 Å². The number of nitrogens with one attached hydrogen (secondary N) is 1. The van der Waals surface area contributed by atoms with Crippen molar-refractivity contribution in [1.29, 1.82) is 0 Å². The Morgan fingerprint density at radius 3 is 1.94 bits per heavy atom. The summed E-state index contributed by atoms with van der Waals surface area (Å²) < 4.78 is 50.3. The van der Waals surface area contributed by atoms with Crippen LogP contribution in [0.2, 0.25) is 0 Å². The van der Waals surface area contributed by atoms with Crippen LogP contribution in [0.25, 0.3) is 0 Å². The van der Waals surface area contributed by atoms with Crippen molar-refractivity contribution in [3.63, 3.8) is 0 Å². The Hall–Kier alpha value is -5.51. The molecule has 0 radical (unpaired) electrons. The molecular formula is C49H56NO15P. The van der Waals surface area contributed by atoms with E-state index < -0.39 is 120 Å². The number of amides is 1. The van der Waals surface area contributed by atoms with Crippen molar-refractivity contribution in [2.45, 2.75) is 108 Å². The van der Waals surface area contributed by atoms with Crippen molar-refractivity contribution in [3.8, 4) is 0 Å². The largest absolute Gasteiger partial charge is 0.456 e. The molecule has 1 amide bonds. The summed E-state index contributed by atoms with van der Waals surface area (Å²) in [6, 6.07) is 23.1. The molecule has 3 aromatic carbocycles. The monoisotopic (exact) mass is 929 g/mol. The van der Waals surface area contributed by atoms with Crippen molar-refractivity contribution in [2.24, 2.45) is 16.7 Å². The lowest BCUT2D eigenvalue weighted by molar-refractivity contribution is -0.346. The van der Waals surface area contributed by atoms with E-state index in [2.05, 4.69) is 5.32 Å². The number of esters is 4. The second-order valence-corrected chi connectivity index (χ2v) is 21.4. The summed E-state index contributed by atoms with van der Waals surface area (Å²) in [5, 5.41) is 28.8.